The highest BCUT2D eigenvalue weighted by molar-refractivity contribution is 5.71. The molecule has 2 fully saturated rings. The summed E-state index contributed by atoms with van der Waals surface area (Å²) in [5.74, 6) is -0.0949. The third-order valence-corrected chi connectivity index (χ3v) is 1.88. The van der Waals surface area contributed by atoms with Crippen molar-refractivity contribution < 1.29 is 19.1 Å². The van der Waals surface area contributed by atoms with E-state index in [4.69, 9.17) is 4.74 Å². The molecule has 4 nitrogen and oxygen atoms in total. The molecule has 2 heterocycles. The molecule has 1 atom stereocenters. The fraction of sp³-hybridized carbons (Fsp3) is 0.778. The molecule has 74 valence electrons. The second-order valence-corrected chi connectivity index (χ2v) is 3.16. The second-order valence-electron chi connectivity index (χ2n) is 3.16. The minimum Gasteiger partial charge on any atom is -0.466 e. The van der Waals surface area contributed by atoms with Gasteiger partial charge in [-0.05, 0) is 19.8 Å². The lowest BCUT2D eigenvalue weighted by atomic mass is 10.3. The van der Waals surface area contributed by atoms with Crippen LogP contribution in [0.15, 0.2) is 0 Å². The van der Waals surface area contributed by atoms with Gasteiger partial charge in [-0.15, -0.1) is 0 Å². The molecule has 0 saturated carbocycles. The molecule has 0 radical (unpaired) electrons. The Kier molecular flexibility index (Phi) is 3.73. The highest BCUT2D eigenvalue weighted by atomic mass is 16.5. The first-order valence-corrected chi connectivity index (χ1v) is 4.53. The number of hydrogen-bond donors (Lipinski definition) is 0. The Bertz CT molecular complexity index is 192. The first-order chi connectivity index (χ1) is 6.18. The molecule has 13 heavy (non-hydrogen) atoms. The normalized spacial score (nSPS) is 26.1. The zero-order valence-corrected chi connectivity index (χ0v) is 7.75. The van der Waals surface area contributed by atoms with Crippen LogP contribution in [0.4, 0.5) is 0 Å². The highest BCUT2D eigenvalue weighted by Gasteiger charge is 2.17. The quantitative estimate of drug-likeness (QED) is 0.530. The first-order valence-electron chi connectivity index (χ1n) is 4.53. The van der Waals surface area contributed by atoms with Gasteiger partial charge < -0.3 is 9.47 Å². The van der Waals surface area contributed by atoms with Crippen molar-refractivity contribution in [2.45, 2.75) is 38.7 Å². The molecule has 2 saturated heterocycles. The summed E-state index contributed by atoms with van der Waals surface area (Å²) in [6.07, 6.45) is 3.23. The Hall–Kier alpha value is -1.06. The molecule has 0 aliphatic carbocycles. The summed E-state index contributed by atoms with van der Waals surface area (Å²) in [6.45, 7) is 2.55. The van der Waals surface area contributed by atoms with Crippen LogP contribution in [0.25, 0.3) is 0 Å². The van der Waals surface area contributed by atoms with Crippen LogP contribution in [-0.2, 0) is 19.1 Å². The van der Waals surface area contributed by atoms with E-state index in [2.05, 4.69) is 4.74 Å². The summed E-state index contributed by atoms with van der Waals surface area (Å²) >= 11 is 0. The number of esters is 2. The average molecular weight is 186 g/mol. The van der Waals surface area contributed by atoms with E-state index in [1.807, 2.05) is 6.92 Å². The number of cyclic esters (lactones) is 2. The number of ether oxygens (including phenoxy) is 2. The SMILES string of the molecule is CC1CCC(=O)O1.O=C1CCCO1. The molecule has 0 bridgehead atoms. The van der Waals surface area contributed by atoms with Crippen LogP contribution in [0.5, 0.6) is 0 Å². The van der Waals surface area contributed by atoms with Gasteiger partial charge in [-0.2, -0.15) is 0 Å². The maximum absolute atomic E-state index is 10.2. The van der Waals surface area contributed by atoms with Gasteiger partial charge in [0.2, 0.25) is 0 Å². The van der Waals surface area contributed by atoms with E-state index >= 15 is 0 Å². The van der Waals surface area contributed by atoms with Crippen molar-refractivity contribution >= 4 is 11.9 Å². The maximum atomic E-state index is 10.2. The fourth-order valence-electron chi connectivity index (χ4n) is 1.14. The number of hydrogen-bond acceptors (Lipinski definition) is 4. The Balaban J connectivity index is 0.000000132. The molecule has 2 rings (SSSR count). The van der Waals surface area contributed by atoms with Crippen LogP contribution in [0.3, 0.4) is 0 Å². The third-order valence-electron chi connectivity index (χ3n) is 1.88. The Labute approximate surface area is 77.2 Å². The Morgan fingerprint density at radius 2 is 2.00 bits per heavy atom. The monoisotopic (exact) mass is 186 g/mol. The van der Waals surface area contributed by atoms with E-state index in [1.54, 1.807) is 0 Å². The third kappa shape index (κ3) is 3.92. The van der Waals surface area contributed by atoms with Gasteiger partial charge in [0.1, 0.15) is 0 Å². The zero-order chi connectivity index (χ0) is 9.68. The van der Waals surface area contributed by atoms with Gasteiger partial charge in [-0.1, -0.05) is 0 Å². The minimum atomic E-state index is -0.0486. The van der Waals surface area contributed by atoms with Crippen molar-refractivity contribution in [2.24, 2.45) is 0 Å². The van der Waals surface area contributed by atoms with Gasteiger partial charge in [0, 0.05) is 12.8 Å². The summed E-state index contributed by atoms with van der Waals surface area (Å²) < 4.78 is 9.24. The lowest BCUT2D eigenvalue weighted by molar-refractivity contribution is -0.141. The molecule has 0 amide bonds. The van der Waals surface area contributed by atoms with Crippen LogP contribution >= 0.6 is 0 Å². The lowest BCUT2D eigenvalue weighted by Gasteiger charge is -1.95. The second kappa shape index (κ2) is 4.84. The largest absolute Gasteiger partial charge is 0.466 e. The minimum absolute atomic E-state index is 0.0463. The van der Waals surface area contributed by atoms with Gasteiger partial charge in [-0.3, -0.25) is 9.59 Å². The molecule has 0 aromatic rings. The van der Waals surface area contributed by atoms with Gasteiger partial charge in [0.05, 0.1) is 12.7 Å². The number of carbonyl (C=O) groups is 2. The van der Waals surface area contributed by atoms with Crippen molar-refractivity contribution in [2.75, 3.05) is 6.61 Å². The van der Waals surface area contributed by atoms with Crippen molar-refractivity contribution in [3.8, 4) is 0 Å². The van der Waals surface area contributed by atoms with Gasteiger partial charge in [0.25, 0.3) is 0 Å². The van der Waals surface area contributed by atoms with Crippen molar-refractivity contribution in [1.29, 1.82) is 0 Å². The summed E-state index contributed by atoms with van der Waals surface area (Å²) in [7, 11) is 0. The zero-order valence-electron chi connectivity index (χ0n) is 7.75. The fourth-order valence-corrected chi connectivity index (χ4v) is 1.14. The number of carbonyl (C=O) groups excluding carboxylic acids is 2. The number of rotatable bonds is 0. The van der Waals surface area contributed by atoms with Crippen molar-refractivity contribution in [1.82, 2.24) is 0 Å². The summed E-state index contributed by atoms with van der Waals surface area (Å²) in [5.41, 5.74) is 0. The van der Waals surface area contributed by atoms with Crippen LogP contribution in [0.1, 0.15) is 32.6 Å². The molecule has 0 aromatic carbocycles. The molecule has 2 aliphatic heterocycles. The predicted molar refractivity (Wildman–Crippen MR) is 45.0 cm³/mol. The van der Waals surface area contributed by atoms with E-state index in [9.17, 15) is 9.59 Å². The van der Waals surface area contributed by atoms with E-state index in [0.717, 1.165) is 12.8 Å². The molecular formula is C9H14O4. The predicted octanol–water partition coefficient (Wildman–Crippen LogP) is 1.04. The van der Waals surface area contributed by atoms with Gasteiger partial charge >= 0.3 is 11.9 Å². The van der Waals surface area contributed by atoms with E-state index in [1.165, 1.54) is 0 Å². The van der Waals surface area contributed by atoms with Crippen molar-refractivity contribution in [3.05, 3.63) is 0 Å². The molecule has 0 spiro atoms. The maximum Gasteiger partial charge on any atom is 0.306 e. The van der Waals surface area contributed by atoms with Crippen LogP contribution in [0, 0.1) is 0 Å². The average Bonchev–Trinajstić information content (AvgIpc) is 2.64. The van der Waals surface area contributed by atoms with Crippen LogP contribution in [0.2, 0.25) is 0 Å². The van der Waals surface area contributed by atoms with E-state index in [-0.39, 0.29) is 18.0 Å². The van der Waals surface area contributed by atoms with Crippen LogP contribution in [-0.4, -0.2) is 24.6 Å². The standard InChI is InChI=1S/C5H8O2.C4H6O2/c1-4-2-3-5(6)7-4;5-4-2-1-3-6-4/h4H,2-3H2,1H3;1-3H2. The summed E-state index contributed by atoms with van der Waals surface area (Å²) in [5, 5.41) is 0. The Morgan fingerprint density at radius 3 is 2.15 bits per heavy atom. The molecular weight excluding hydrogens is 172 g/mol. The topological polar surface area (TPSA) is 52.6 Å². The highest BCUT2D eigenvalue weighted by Crippen LogP contribution is 2.11. The first kappa shape index (κ1) is 10.0. The Morgan fingerprint density at radius 1 is 1.23 bits per heavy atom. The van der Waals surface area contributed by atoms with E-state index < -0.39 is 0 Å². The van der Waals surface area contributed by atoms with E-state index in [0.29, 0.717) is 19.4 Å². The molecule has 0 N–H and O–H groups in total. The van der Waals surface area contributed by atoms with Gasteiger partial charge in [0.15, 0.2) is 0 Å². The summed E-state index contributed by atoms with van der Waals surface area (Å²) in [4.78, 5) is 20.3. The molecule has 1 unspecified atom stereocenters. The van der Waals surface area contributed by atoms with Crippen LogP contribution < -0.4 is 0 Å². The van der Waals surface area contributed by atoms with Crippen molar-refractivity contribution in [3.63, 3.8) is 0 Å². The molecule has 4 heteroatoms. The molecule has 0 aromatic heterocycles. The lowest BCUT2D eigenvalue weighted by Crippen LogP contribution is -1.98. The molecule has 2 aliphatic rings. The van der Waals surface area contributed by atoms with Gasteiger partial charge in [-0.25, -0.2) is 0 Å². The smallest absolute Gasteiger partial charge is 0.306 e. The summed E-state index contributed by atoms with van der Waals surface area (Å²) in [6, 6.07) is 0.